The minimum Gasteiger partial charge on any atom is -0.307 e. The molecule has 0 N–H and O–H groups in total. The molecular formula is C25H23N3S. The van der Waals surface area contributed by atoms with Crippen molar-refractivity contribution in [3.63, 3.8) is 0 Å². The number of thioether (sulfide) groups is 1. The van der Waals surface area contributed by atoms with Crippen LogP contribution in [0.2, 0.25) is 0 Å². The van der Waals surface area contributed by atoms with Crippen LogP contribution in [0.1, 0.15) is 27.6 Å². The molecule has 3 aromatic carbocycles. The standard InChI is InChI=1S/C25H23N3S/c1-17-8-12-20(13-9-17)25-28(21-14-10-18(2)11-15-21)24-23(29-25)16-27(26-24)22-7-5-4-6-19(22)3/h4-16,25H,1-3H3. The van der Waals surface area contributed by atoms with Crippen molar-refractivity contribution in [2.24, 2.45) is 0 Å². The first kappa shape index (κ1) is 18.1. The summed E-state index contributed by atoms with van der Waals surface area (Å²) in [7, 11) is 0. The maximum absolute atomic E-state index is 5.02. The van der Waals surface area contributed by atoms with Crippen molar-refractivity contribution in [3.05, 3.63) is 101 Å². The number of nitrogens with zero attached hydrogens (tertiary/aromatic N) is 3. The van der Waals surface area contributed by atoms with E-state index in [-0.39, 0.29) is 5.37 Å². The molecule has 1 aromatic heterocycles. The smallest absolute Gasteiger partial charge is 0.170 e. The van der Waals surface area contributed by atoms with Crippen molar-refractivity contribution in [1.29, 1.82) is 0 Å². The molecule has 0 aliphatic carbocycles. The van der Waals surface area contributed by atoms with Gasteiger partial charge in [-0.05, 0) is 50.1 Å². The van der Waals surface area contributed by atoms with Gasteiger partial charge in [-0.2, -0.15) is 0 Å². The van der Waals surface area contributed by atoms with Gasteiger partial charge >= 0.3 is 0 Å². The van der Waals surface area contributed by atoms with Gasteiger partial charge in [0.25, 0.3) is 0 Å². The van der Waals surface area contributed by atoms with Gasteiger partial charge in [0.15, 0.2) is 5.82 Å². The summed E-state index contributed by atoms with van der Waals surface area (Å²) in [4.78, 5) is 3.57. The SMILES string of the molecule is Cc1ccc(C2Sc3cn(-c4ccccc4C)nc3N2c2ccc(C)cc2)cc1. The lowest BCUT2D eigenvalue weighted by Crippen LogP contribution is -2.18. The predicted molar refractivity (Wildman–Crippen MR) is 121 cm³/mol. The molecule has 1 aliphatic rings. The van der Waals surface area contributed by atoms with Crippen molar-refractivity contribution in [2.45, 2.75) is 31.0 Å². The number of para-hydroxylation sites is 1. The van der Waals surface area contributed by atoms with Gasteiger partial charge < -0.3 is 4.90 Å². The lowest BCUT2D eigenvalue weighted by atomic mass is 10.1. The Balaban J connectivity index is 1.61. The van der Waals surface area contributed by atoms with E-state index in [1.165, 1.54) is 32.8 Å². The second-order valence-corrected chi connectivity index (χ2v) is 8.76. The molecule has 0 fully saturated rings. The number of rotatable bonds is 3. The minimum absolute atomic E-state index is 0.183. The molecule has 1 unspecified atom stereocenters. The van der Waals surface area contributed by atoms with E-state index in [1.807, 2.05) is 16.4 Å². The monoisotopic (exact) mass is 397 g/mol. The Labute approximate surface area is 176 Å². The van der Waals surface area contributed by atoms with E-state index in [1.54, 1.807) is 0 Å². The highest BCUT2D eigenvalue weighted by Crippen LogP contribution is 2.54. The molecule has 1 atom stereocenters. The number of fused-ring (bicyclic) bond motifs is 1. The van der Waals surface area contributed by atoms with Gasteiger partial charge in [0, 0.05) is 11.9 Å². The zero-order chi connectivity index (χ0) is 20.0. The van der Waals surface area contributed by atoms with Crippen LogP contribution >= 0.6 is 11.8 Å². The second kappa shape index (κ2) is 7.12. The highest BCUT2D eigenvalue weighted by Gasteiger charge is 2.35. The van der Waals surface area contributed by atoms with Crippen molar-refractivity contribution in [3.8, 4) is 5.69 Å². The topological polar surface area (TPSA) is 21.1 Å². The van der Waals surface area contributed by atoms with Gasteiger partial charge in [-0.15, -0.1) is 5.10 Å². The third-order valence-electron chi connectivity index (χ3n) is 5.40. The van der Waals surface area contributed by atoms with Crippen LogP contribution in [0.3, 0.4) is 0 Å². The van der Waals surface area contributed by atoms with Gasteiger partial charge in [0.1, 0.15) is 5.37 Å². The first-order chi connectivity index (χ1) is 14.1. The number of benzene rings is 3. The molecule has 1 aliphatic heterocycles. The van der Waals surface area contributed by atoms with Gasteiger partial charge in [0.05, 0.1) is 10.6 Å². The van der Waals surface area contributed by atoms with E-state index in [9.17, 15) is 0 Å². The van der Waals surface area contributed by atoms with Crippen LogP contribution < -0.4 is 4.90 Å². The fraction of sp³-hybridized carbons (Fsp3) is 0.160. The Morgan fingerprint density at radius 1 is 0.793 bits per heavy atom. The maximum Gasteiger partial charge on any atom is 0.170 e. The summed E-state index contributed by atoms with van der Waals surface area (Å²) in [6.07, 6.45) is 2.16. The summed E-state index contributed by atoms with van der Waals surface area (Å²) < 4.78 is 2.01. The highest BCUT2D eigenvalue weighted by atomic mass is 32.2. The van der Waals surface area contributed by atoms with E-state index >= 15 is 0 Å². The fourth-order valence-electron chi connectivity index (χ4n) is 3.74. The Morgan fingerprint density at radius 3 is 2.14 bits per heavy atom. The number of aryl methyl sites for hydroxylation is 3. The van der Waals surface area contributed by atoms with Crippen molar-refractivity contribution in [2.75, 3.05) is 4.90 Å². The molecule has 144 valence electrons. The number of hydrogen-bond donors (Lipinski definition) is 0. The van der Waals surface area contributed by atoms with E-state index < -0.39 is 0 Å². The Kier molecular flexibility index (Phi) is 4.44. The summed E-state index contributed by atoms with van der Waals surface area (Å²) in [5, 5.41) is 5.20. The first-order valence-electron chi connectivity index (χ1n) is 9.85. The summed E-state index contributed by atoms with van der Waals surface area (Å²) in [5.74, 6) is 1.02. The summed E-state index contributed by atoms with van der Waals surface area (Å²) >= 11 is 1.87. The zero-order valence-electron chi connectivity index (χ0n) is 16.8. The van der Waals surface area contributed by atoms with Crippen molar-refractivity contribution < 1.29 is 0 Å². The minimum atomic E-state index is 0.183. The van der Waals surface area contributed by atoms with Crippen LogP contribution in [-0.2, 0) is 0 Å². The molecule has 0 bridgehead atoms. The molecular weight excluding hydrogens is 374 g/mol. The van der Waals surface area contributed by atoms with Crippen LogP contribution in [0.25, 0.3) is 5.69 Å². The Hall–Kier alpha value is -2.98. The van der Waals surface area contributed by atoms with Crippen LogP contribution in [-0.4, -0.2) is 9.78 Å². The van der Waals surface area contributed by atoms with E-state index in [0.717, 1.165) is 11.5 Å². The fourth-order valence-corrected chi connectivity index (χ4v) is 5.00. The molecule has 2 heterocycles. The van der Waals surface area contributed by atoms with Gasteiger partial charge in [0.2, 0.25) is 0 Å². The van der Waals surface area contributed by atoms with Crippen molar-refractivity contribution in [1.82, 2.24) is 9.78 Å². The van der Waals surface area contributed by atoms with Crippen LogP contribution in [0.5, 0.6) is 0 Å². The van der Waals surface area contributed by atoms with Gasteiger partial charge in [-0.3, -0.25) is 0 Å². The third kappa shape index (κ3) is 3.23. The van der Waals surface area contributed by atoms with Crippen molar-refractivity contribution >= 4 is 23.3 Å². The number of aromatic nitrogens is 2. The highest BCUT2D eigenvalue weighted by molar-refractivity contribution is 8.00. The summed E-state index contributed by atoms with van der Waals surface area (Å²) in [6.45, 7) is 6.38. The molecule has 4 aromatic rings. The maximum atomic E-state index is 5.02. The predicted octanol–water partition coefficient (Wildman–Crippen LogP) is 6.74. The summed E-state index contributed by atoms with van der Waals surface area (Å²) in [6, 6.07) is 25.9. The molecule has 0 spiro atoms. The Morgan fingerprint density at radius 2 is 1.45 bits per heavy atom. The quantitative estimate of drug-likeness (QED) is 0.382. The largest absolute Gasteiger partial charge is 0.307 e. The van der Waals surface area contributed by atoms with Crippen LogP contribution in [0.4, 0.5) is 11.5 Å². The molecule has 3 nitrogen and oxygen atoms in total. The van der Waals surface area contributed by atoms with Crippen LogP contribution in [0.15, 0.2) is 83.9 Å². The third-order valence-corrected chi connectivity index (χ3v) is 6.65. The van der Waals surface area contributed by atoms with E-state index in [2.05, 4.69) is 105 Å². The van der Waals surface area contributed by atoms with Gasteiger partial charge in [-0.1, -0.05) is 77.5 Å². The summed E-state index contributed by atoms with van der Waals surface area (Å²) in [5.41, 5.74) is 7.34. The number of anilines is 2. The second-order valence-electron chi connectivity index (χ2n) is 7.63. The van der Waals surface area contributed by atoms with Crippen LogP contribution in [0, 0.1) is 20.8 Å². The molecule has 5 rings (SSSR count). The first-order valence-corrected chi connectivity index (χ1v) is 10.7. The molecule has 0 saturated heterocycles. The molecule has 0 radical (unpaired) electrons. The lowest BCUT2D eigenvalue weighted by molar-refractivity contribution is 0.840. The zero-order valence-corrected chi connectivity index (χ0v) is 17.6. The molecule has 0 saturated carbocycles. The van der Waals surface area contributed by atoms with E-state index in [4.69, 9.17) is 5.10 Å². The van der Waals surface area contributed by atoms with Gasteiger partial charge in [-0.25, -0.2) is 4.68 Å². The average Bonchev–Trinajstić information content (AvgIpc) is 3.28. The Bertz CT molecular complexity index is 1160. The molecule has 29 heavy (non-hydrogen) atoms. The normalized spacial score (nSPS) is 15.6. The lowest BCUT2D eigenvalue weighted by Gasteiger charge is -2.26. The molecule has 4 heteroatoms. The number of hydrogen-bond acceptors (Lipinski definition) is 3. The van der Waals surface area contributed by atoms with E-state index in [0.29, 0.717) is 0 Å². The molecule has 0 amide bonds. The average molecular weight is 398 g/mol.